The number of hydrogen-bond donors (Lipinski definition) is 1. The Bertz CT molecular complexity index is 423. The van der Waals surface area contributed by atoms with Crippen molar-refractivity contribution in [2.24, 2.45) is 5.73 Å². The van der Waals surface area contributed by atoms with Gasteiger partial charge < -0.3 is 10.6 Å². The highest BCUT2D eigenvalue weighted by molar-refractivity contribution is 5.82. The van der Waals surface area contributed by atoms with Crippen molar-refractivity contribution in [3.8, 4) is 0 Å². The minimum absolute atomic E-state index is 0.105. The van der Waals surface area contributed by atoms with Crippen LogP contribution in [-0.2, 0) is 11.3 Å². The van der Waals surface area contributed by atoms with Crippen LogP contribution >= 0.6 is 0 Å². The maximum absolute atomic E-state index is 12.3. The number of carbonyl (C=O) groups excluding carboxylic acids is 1. The smallest absolute Gasteiger partial charge is 0.239 e. The summed E-state index contributed by atoms with van der Waals surface area (Å²) in [4.78, 5) is 20.4. The standard InChI is InChI=1S/C14H22N4O/c1-11-9-17(2)14(19)13(3-6-15)18(11)10-12-4-7-16-8-5-12/h4-5,7-8,11,13H,3,6,9-10,15H2,1-2H3. The molecule has 5 heteroatoms. The summed E-state index contributed by atoms with van der Waals surface area (Å²) >= 11 is 0. The lowest BCUT2D eigenvalue weighted by Crippen LogP contribution is -2.59. The number of hydrogen-bond acceptors (Lipinski definition) is 4. The predicted octanol–water partition coefficient (Wildman–Crippen LogP) is 0.462. The summed E-state index contributed by atoms with van der Waals surface area (Å²) in [5.41, 5.74) is 6.84. The van der Waals surface area contributed by atoms with E-state index in [9.17, 15) is 4.79 Å². The van der Waals surface area contributed by atoms with E-state index in [1.807, 2.05) is 24.1 Å². The van der Waals surface area contributed by atoms with Gasteiger partial charge in [-0.15, -0.1) is 0 Å². The fraction of sp³-hybridized carbons (Fsp3) is 0.571. The highest BCUT2D eigenvalue weighted by atomic mass is 16.2. The second-order valence-electron chi connectivity index (χ2n) is 5.19. The van der Waals surface area contributed by atoms with E-state index >= 15 is 0 Å². The van der Waals surface area contributed by atoms with Crippen LogP contribution in [0.5, 0.6) is 0 Å². The molecule has 1 saturated heterocycles. The summed E-state index contributed by atoms with van der Waals surface area (Å²) in [5, 5.41) is 0. The number of pyridine rings is 1. The van der Waals surface area contributed by atoms with Crippen LogP contribution in [0.4, 0.5) is 0 Å². The Morgan fingerprint density at radius 1 is 1.42 bits per heavy atom. The molecule has 0 spiro atoms. The third-order valence-corrected chi connectivity index (χ3v) is 3.72. The van der Waals surface area contributed by atoms with Gasteiger partial charge in [0.15, 0.2) is 0 Å². The van der Waals surface area contributed by atoms with Crippen LogP contribution in [0.2, 0.25) is 0 Å². The molecule has 0 aliphatic carbocycles. The van der Waals surface area contributed by atoms with E-state index in [-0.39, 0.29) is 11.9 Å². The molecule has 0 bridgehead atoms. The van der Waals surface area contributed by atoms with Gasteiger partial charge in [-0.05, 0) is 37.6 Å². The Kier molecular flexibility index (Phi) is 4.50. The fourth-order valence-electron chi connectivity index (χ4n) is 2.71. The minimum Gasteiger partial charge on any atom is -0.343 e. The highest BCUT2D eigenvalue weighted by Gasteiger charge is 2.36. The summed E-state index contributed by atoms with van der Waals surface area (Å²) in [7, 11) is 1.87. The second kappa shape index (κ2) is 6.12. The van der Waals surface area contributed by atoms with Crippen molar-refractivity contribution >= 4 is 5.91 Å². The Morgan fingerprint density at radius 3 is 2.74 bits per heavy atom. The van der Waals surface area contributed by atoms with E-state index in [1.165, 1.54) is 5.56 Å². The molecule has 2 atom stereocenters. The van der Waals surface area contributed by atoms with Gasteiger partial charge in [0.05, 0.1) is 6.04 Å². The Morgan fingerprint density at radius 2 is 2.11 bits per heavy atom. The molecule has 1 fully saturated rings. The minimum atomic E-state index is -0.105. The van der Waals surface area contributed by atoms with E-state index in [0.29, 0.717) is 19.0 Å². The largest absolute Gasteiger partial charge is 0.343 e. The lowest BCUT2D eigenvalue weighted by molar-refractivity contribution is -0.143. The van der Waals surface area contributed by atoms with E-state index in [0.717, 1.165) is 13.1 Å². The zero-order valence-corrected chi connectivity index (χ0v) is 11.6. The van der Waals surface area contributed by atoms with Crippen LogP contribution in [0.1, 0.15) is 18.9 Å². The Labute approximate surface area is 114 Å². The molecule has 2 heterocycles. The third-order valence-electron chi connectivity index (χ3n) is 3.72. The van der Waals surface area contributed by atoms with Crippen molar-refractivity contribution in [1.29, 1.82) is 0 Å². The van der Waals surface area contributed by atoms with Gasteiger partial charge in [0, 0.05) is 38.6 Å². The maximum atomic E-state index is 12.3. The highest BCUT2D eigenvalue weighted by Crippen LogP contribution is 2.21. The number of likely N-dealkylation sites (N-methyl/N-ethyl adjacent to an activating group) is 1. The van der Waals surface area contributed by atoms with Gasteiger partial charge in [0.25, 0.3) is 0 Å². The zero-order chi connectivity index (χ0) is 13.8. The molecule has 1 aliphatic heterocycles. The average molecular weight is 262 g/mol. The summed E-state index contributed by atoms with van der Waals surface area (Å²) in [6.45, 7) is 4.23. The fourth-order valence-corrected chi connectivity index (χ4v) is 2.71. The first-order chi connectivity index (χ1) is 9.13. The van der Waals surface area contributed by atoms with Crippen molar-refractivity contribution in [3.63, 3.8) is 0 Å². The Balaban J connectivity index is 2.17. The van der Waals surface area contributed by atoms with Crippen LogP contribution in [0.15, 0.2) is 24.5 Å². The van der Waals surface area contributed by atoms with Gasteiger partial charge in [0.2, 0.25) is 5.91 Å². The van der Waals surface area contributed by atoms with Gasteiger partial charge in [0.1, 0.15) is 0 Å². The van der Waals surface area contributed by atoms with Crippen LogP contribution in [-0.4, -0.2) is 52.9 Å². The van der Waals surface area contributed by atoms with Gasteiger partial charge >= 0.3 is 0 Å². The molecule has 19 heavy (non-hydrogen) atoms. The molecule has 104 valence electrons. The molecule has 0 saturated carbocycles. The Hall–Kier alpha value is -1.46. The van der Waals surface area contributed by atoms with Crippen molar-refractivity contribution in [1.82, 2.24) is 14.8 Å². The van der Waals surface area contributed by atoms with Crippen molar-refractivity contribution in [2.45, 2.75) is 32.0 Å². The summed E-state index contributed by atoms with van der Waals surface area (Å²) in [6, 6.07) is 4.23. The van der Waals surface area contributed by atoms with Crippen molar-refractivity contribution < 1.29 is 4.79 Å². The van der Waals surface area contributed by atoms with Crippen LogP contribution in [0, 0.1) is 0 Å². The summed E-state index contributed by atoms with van der Waals surface area (Å²) in [6.07, 6.45) is 4.28. The lowest BCUT2D eigenvalue weighted by Gasteiger charge is -2.43. The first kappa shape index (κ1) is 14.0. The summed E-state index contributed by atoms with van der Waals surface area (Å²) < 4.78 is 0. The molecule has 1 aliphatic rings. The van der Waals surface area contributed by atoms with E-state index in [4.69, 9.17) is 5.73 Å². The predicted molar refractivity (Wildman–Crippen MR) is 74.3 cm³/mol. The molecule has 0 radical (unpaired) electrons. The molecule has 1 aromatic rings. The number of amides is 1. The van der Waals surface area contributed by atoms with Gasteiger partial charge in [-0.2, -0.15) is 0 Å². The zero-order valence-electron chi connectivity index (χ0n) is 11.6. The van der Waals surface area contributed by atoms with Gasteiger partial charge in [-0.25, -0.2) is 0 Å². The molecular formula is C14H22N4O. The second-order valence-corrected chi connectivity index (χ2v) is 5.19. The average Bonchev–Trinajstić information content (AvgIpc) is 2.41. The molecule has 2 unspecified atom stereocenters. The van der Waals surface area contributed by atoms with Gasteiger partial charge in [-0.3, -0.25) is 14.7 Å². The van der Waals surface area contributed by atoms with Crippen LogP contribution in [0.3, 0.4) is 0 Å². The lowest BCUT2D eigenvalue weighted by atomic mass is 10.0. The number of nitrogens with two attached hydrogens (primary N) is 1. The van der Waals surface area contributed by atoms with E-state index in [2.05, 4.69) is 16.8 Å². The summed E-state index contributed by atoms with van der Waals surface area (Å²) in [5.74, 6) is 0.178. The molecule has 1 amide bonds. The number of nitrogens with zero attached hydrogens (tertiary/aromatic N) is 3. The normalized spacial score (nSPS) is 24.8. The number of rotatable bonds is 4. The maximum Gasteiger partial charge on any atom is 0.239 e. The van der Waals surface area contributed by atoms with Crippen molar-refractivity contribution in [3.05, 3.63) is 30.1 Å². The quantitative estimate of drug-likeness (QED) is 0.856. The SMILES string of the molecule is CC1CN(C)C(=O)C(CCN)N1Cc1ccncc1. The molecule has 5 nitrogen and oxygen atoms in total. The monoisotopic (exact) mass is 262 g/mol. The first-order valence-corrected chi connectivity index (χ1v) is 6.73. The first-order valence-electron chi connectivity index (χ1n) is 6.73. The molecule has 0 aromatic carbocycles. The number of piperazine rings is 1. The topological polar surface area (TPSA) is 62.5 Å². The van der Waals surface area contributed by atoms with E-state index < -0.39 is 0 Å². The molecule has 1 aromatic heterocycles. The van der Waals surface area contributed by atoms with Gasteiger partial charge in [-0.1, -0.05) is 0 Å². The van der Waals surface area contributed by atoms with Crippen LogP contribution in [0.25, 0.3) is 0 Å². The molecular weight excluding hydrogens is 240 g/mol. The van der Waals surface area contributed by atoms with E-state index in [1.54, 1.807) is 12.4 Å². The third kappa shape index (κ3) is 3.11. The molecule has 2 N–H and O–H groups in total. The number of carbonyl (C=O) groups is 1. The van der Waals surface area contributed by atoms with Crippen LogP contribution < -0.4 is 5.73 Å². The number of aromatic nitrogens is 1. The molecule has 2 rings (SSSR count). The van der Waals surface area contributed by atoms with Crippen molar-refractivity contribution in [2.75, 3.05) is 20.1 Å².